The van der Waals surface area contributed by atoms with Crippen LogP contribution in [0.5, 0.6) is 5.75 Å². The van der Waals surface area contributed by atoms with E-state index in [1.807, 2.05) is 51.1 Å². The smallest absolute Gasteiger partial charge is 0.407 e. The fraction of sp³-hybridized carbons (Fsp3) is 0.458. The maximum Gasteiger partial charge on any atom is 0.407 e. The molecule has 0 unspecified atom stereocenters. The second kappa shape index (κ2) is 9.13. The van der Waals surface area contributed by atoms with Gasteiger partial charge in [-0.05, 0) is 69.2 Å². The largest absolute Gasteiger partial charge is 0.489 e. The van der Waals surface area contributed by atoms with Gasteiger partial charge in [-0.2, -0.15) is 0 Å². The van der Waals surface area contributed by atoms with Crippen LogP contribution in [0.15, 0.2) is 54.6 Å². The van der Waals surface area contributed by atoms with Crippen LogP contribution in [-0.2, 0) is 17.8 Å². The van der Waals surface area contributed by atoms with Gasteiger partial charge in [0.1, 0.15) is 18.0 Å². The lowest BCUT2D eigenvalue weighted by molar-refractivity contribution is 0.0493. The highest BCUT2D eigenvalue weighted by Crippen LogP contribution is 2.29. The van der Waals surface area contributed by atoms with Gasteiger partial charge in [-0.3, -0.25) is 0 Å². The fourth-order valence-corrected chi connectivity index (χ4v) is 3.70. The predicted octanol–water partition coefficient (Wildman–Crippen LogP) is 5.50. The number of benzene rings is 2. The SMILES string of the molecule is CC(C)(C)OC(=O)N[C@H]1CCC[C@H]1Cc1ccc(OCc2ccccc2)cc1. The lowest BCUT2D eigenvalue weighted by atomic mass is 9.94. The molecule has 0 bridgehead atoms. The summed E-state index contributed by atoms with van der Waals surface area (Å²) in [6.45, 7) is 6.24. The Labute approximate surface area is 168 Å². The number of nitrogens with one attached hydrogen (secondary N) is 1. The van der Waals surface area contributed by atoms with Crippen molar-refractivity contribution in [3.63, 3.8) is 0 Å². The van der Waals surface area contributed by atoms with E-state index in [9.17, 15) is 4.79 Å². The number of amides is 1. The van der Waals surface area contributed by atoms with Crippen LogP contribution in [0.2, 0.25) is 0 Å². The van der Waals surface area contributed by atoms with E-state index in [0.29, 0.717) is 12.5 Å². The highest BCUT2D eigenvalue weighted by molar-refractivity contribution is 5.68. The van der Waals surface area contributed by atoms with Gasteiger partial charge in [0.15, 0.2) is 0 Å². The van der Waals surface area contributed by atoms with E-state index >= 15 is 0 Å². The summed E-state index contributed by atoms with van der Waals surface area (Å²) in [7, 11) is 0. The number of hydrogen-bond acceptors (Lipinski definition) is 3. The highest BCUT2D eigenvalue weighted by Gasteiger charge is 2.30. The van der Waals surface area contributed by atoms with Gasteiger partial charge in [-0.25, -0.2) is 4.79 Å². The molecule has 2 aromatic carbocycles. The zero-order valence-corrected chi connectivity index (χ0v) is 17.1. The predicted molar refractivity (Wildman–Crippen MR) is 111 cm³/mol. The standard InChI is InChI=1S/C24H31NO3/c1-24(2,3)28-23(26)25-22-11-7-10-20(22)16-18-12-14-21(15-13-18)27-17-19-8-5-4-6-9-19/h4-6,8-9,12-15,20,22H,7,10-11,16-17H2,1-3H3,(H,25,26)/t20-,22-/m0/s1. The van der Waals surface area contributed by atoms with Crippen LogP contribution >= 0.6 is 0 Å². The molecule has 1 amide bonds. The van der Waals surface area contributed by atoms with E-state index in [4.69, 9.17) is 9.47 Å². The van der Waals surface area contributed by atoms with E-state index < -0.39 is 5.60 Å². The number of rotatable bonds is 6. The van der Waals surface area contributed by atoms with Crippen molar-refractivity contribution in [2.24, 2.45) is 5.92 Å². The van der Waals surface area contributed by atoms with Gasteiger partial charge in [0.25, 0.3) is 0 Å². The van der Waals surface area contributed by atoms with Crippen LogP contribution in [0.25, 0.3) is 0 Å². The third-order valence-electron chi connectivity index (χ3n) is 5.03. The molecule has 1 aliphatic rings. The number of carbonyl (C=O) groups is 1. The molecule has 4 nitrogen and oxygen atoms in total. The van der Waals surface area contributed by atoms with Gasteiger partial charge in [0, 0.05) is 6.04 Å². The quantitative estimate of drug-likeness (QED) is 0.718. The van der Waals surface area contributed by atoms with Crippen molar-refractivity contribution in [1.82, 2.24) is 5.32 Å². The molecule has 1 N–H and O–H groups in total. The van der Waals surface area contributed by atoms with Crippen molar-refractivity contribution in [2.75, 3.05) is 0 Å². The van der Waals surface area contributed by atoms with E-state index in [1.54, 1.807) is 0 Å². The summed E-state index contributed by atoms with van der Waals surface area (Å²) < 4.78 is 11.3. The number of hydrogen-bond donors (Lipinski definition) is 1. The van der Waals surface area contributed by atoms with Crippen LogP contribution in [0.1, 0.15) is 51.2 Å². The fourth-order valence-electron chi connectivity index (χ4n) is 3.70. The first-order valence-electron chi connectivity index (χ1n) is 10.1. The molecule has 0 aromatic heterocycles. The van der Waals surface area contributed by atoms with Gasteiger partial charge in [-0.15, -0.1) is 0 Å². The third-order valence-corrected chi connectivity index (χ3v) is 5.03. The molecule has 1 saturated carbocycles. The molecule has 1 fully saturated rings. The van der Waals surface area contributed by atoms with Crippen molar-refractivity contribution in [2.45, 2.75) is 64.7 Å². The lowest BCUT2D eigenvalue weighted by Gasteiger charge is -2.25. The van der Waals surface area contributed by atoms with E-state index in [-0.39, 0.29) is 12.1 Å². The minimum atomic E-state index is -0.465. The average molecular weight is 382 g/mol. The Bertz CT molecular complexity index is 750. The Morgan fingerprint density at radius 3 is 2.39 bits per heavy atom. The van der Waals surface area contributed by atoms with Crippen molar-refractivity contribution >= 4 is 6.09 Å². The molecule has 0 saturated heterocycles. The minimum absolute atomic E-state index is 0.184. The Morgan fingerprint density at radius 1 is 1.00 bits per heavy atom. The second-order valence-electron chi connectivity index (χ2n) is 8.57. The minimum Gasteiger partial charge on any atom is -0.489 e. The van der Waals surface area contributed by atoms with Gasteiger partial charge in [0.05, 0.1) is 0 Å². The Balaban J connectivity index is 1.50. The molecule has 1 aliphatic carbocycles. The molecule has 0 aliphatic heterocycles. The molecule has 0 spiro atoms. The molecule has 4 heteroatoms. The third kappa shape index (κ3) is 6.29. The van der Waals surface area contributed by atoms with Crippen molar-refractivity contribution in [1.29, 1.82) is 0 Å². The van der Waals surface area contributed by atoms with Crippen LogP contribution in [0.4, 0.5) is 4.79 Å². The normalized spacial score (nSPS) is 19.2. The van der Waals surface area contributed by atoms with Crippen LogP contribution in [0, 0.1) is 5.92 Å². The molecular weight excluding hydrogens is 350 g/mol. The summed E-state index contributed by atoms with van der Waals surface area (Å²) >= 11 is 0. The van der Waals surface area contributed by atoms with Crippen molar-refractivity contribution in [3.8, 4) is 5.75 Å². The molecule has 2 atom stereocenters. The summed E-state index contributed by atoms with van der Waals surface area (Å²) in [5, 5.41) is 3.07. The van der Waals surface area contributed by atoms with Gasteiger partial charge < -0.3 is 14.8 Å². The van der Waals surface area contributed by atoms with Gasteiger partial charge >= 0.3 is 6.09 Å². The molecule has 0 heterocycles. The summed E-state index contributed by atoms with van der Waals surface area (Å²) in [5.41, 5.74) is 1.97. The summed E-state index contributed by atoms with van der Waals surface area (Å²) in [5.74, 6) is 1.33. The van der Waals surface area contributed by atoms with Gasteiger partial charge in [-0.1, -0.05) is 48.9 Å². The number of carbonyl (C=O) groups excluding carboxylic acids is 1. The number of alkyl carbamates (subject to hydrolysis) is 1. The Hall–Kier alpha value is -2.49. The molecule has 28 heavy (non-hydrogen) atoms. The molecular formula is C24H31NO3. The van der Waals surface area contributed by atoms with Crippen LogP contribution in [0.3, 0.4) is 0 Å². The lowest BCUT2D eigenvalue weighted by Crippen LogP contribution is -2.41. The maximum absolute atomic E-state index is 12.1. The van der Waals surface area contributed by atoms with Crippen molar-refractivity contribution in [3.05, 3.63) is 65.7 Å². The summed E-state index contributed by atoms with van der Waals surface area (Å²) in [4.78, 5) is 12.1. The van der Waals surface area contributed by atoms with Gasteiger partial charge in [0.2, 0.25) is 0 Å². The molecule has 2 aromatic rings. The maximum atomic E-state index is 12.1. The first kappa shape index (κ1) is 20.2. The summed E-state index contributed by atoms with van der Waals surface area (Å²) in [6, 6.07) is 18.7. The summed E-state index contributed by atoms with van der Waals surface area (Å²) in [6.07, 6.45) is 3.94. The molecule has 150 valence electrons. The highest BCUT2D eigenvalue weighted by atomic mass is 16.6. The monoisotopic (exact) mass is 381 g/mol. The Kier molecular flexibility index (Phi) is 6.61. The van der Waals surface area contributed by atoms with E-state index in [2.05, 4.69) is 29.6 Å². The number of ether oxygens (including phenoxy) is 2. The van der Waals surface area contributed by atoms with E-state index in [1.165, 1.54) is 5.56 Å². The topological polar surface area (TPSA) is 47.6 Å². The molecule has 0 radical (unpaired) electrons. The van der Waals surface area contributed by atoms with E-state index in [0.717, 1.165) is 37.0 Å². The zero-order valence-electron chi connectivity index (χ0n) is 17.1. The first-order valence-corrected chi connectivity index (χ1v) is 10.1. The van der Waals surface area contributed by atoms with Crippen LogP contribution < -0.4 is 10.1 Å². The van der Waals surface area contributed by atoms with Crippen LogP contribution in [-0.4, -0.2) is 17.7 Å². The zero-order chi connectivity index (χ0) is 20.0. The Morgan fingerprint density at radius 2 is 1.71 bits per heavy atom. The second-order valence-corrected chi connectivity index (χ2v) is 8.57. The first-order chi connectivity index (χ1) is 13.4. The molecule has 3 rings (SSSR count). The van der Waals surface area contributed by atoms with Crippen molar-refractivity contribution < 1.29 is 14.3 Å². The average Bonchev–Trinajstić information content (AvgIpc) is 3.07.